The first-order valence-electron chi connectivity index (χ1n) is 9.26. The van der Waals surface area contributed by atoms with Crippen LogP contribution in [-0.4, -0.2) is 47.5 Å². The number of anilines is 1. The van der Waals surface area contributed by atoms with Crippen LogP contribution in [0.2, 0.25) is 0 Å². The first kappa shape index (κ1) is 19.1. The van der Waals surface area contributed by atoms with Gasteiger partial charge in [-0.15, -0.1) is 0 Å². The molecule has 1 aromatic carbocycles. The Labute approximate surface area is 159 Å². The molecular weight excluding hydrogens is 347 g/mol. The predicted octanol–water partition coefficient (Wildman–Crippen LogP) is 2.89. The van der Waals surface area contributed by atoms with Crippen LogP contribution in [0.3, 0.4) is 0 Å². The lowest BCUT2D eigenvalue weighted by molar-refractivity contribution is -0.136. The number of halogens is 1. The molecule has 1 saturated heterocycles. The predicted molar refractivity (Wildman–Crippen MR) is 101 cm³/mol. The highest BCUT2D eigenvalue weighted by Crippen LogP contribution is 2.25. The fraction of sp³-hybridized carbons (Fsp3) is 0.450. The third-order valence-corrected chi connectivity index (χ3v) is 4.93. The van der Waals surface area contributed by atoms with E-state index in [0.29, 0.717) is 32.1 Å². The number of rotatable bonds is 6. The molecule has 3 rings (SSSR count). The molecule has 1 fully saturated rings. The van der Waals surface area contributed by atoms with E-state index < -0.39 is 5.82 Å². The lowest BCUT2D eigenvalue weighted by Gasteiger charge is -2.34. The van der Waals surface area contributed by atoms with Crippen LogP contribution in [-0.2, 0) is 11.3 Å². The quantitative estimate of drug-likeness (QED) is 0.780. The maximum absolute atomic E-state index is 13.5. The van der Waals surface area contributed by atoms with Gasteiger partial charge in [-0.3, -0.25) is 4.79 Å². The summed E-state index contributed by atoms with van der Waals surface area (Å²) in [6.45, 7) is 4.65. The number of aromatic nitrogens is 2. The molecule has 1 aliphatic rings. The van der Waals surface area contributed by atoms with Gasteiger partial charge in [-0.25, -0.2) is 4.98 Å². The third kappa shape index (κ3) is 4.53. The van der Waals surface area contributed by atoms with Crippen LogP contribution in [0.1, 0.15) is 25.3 Å². The van der Waals surface area contributed by atoms with E-state index in [0.717, 1.165) is 24.6 Å². The Morgan fingerprint density at radius 3 is 2.63 bits per heavy atom. The number of carbonyl (C=O) groups excluding carboxylic acids is 1. The van der Waals surface area contributed by atoms with Crippen LogP contribution in [0.25, 0.3) is 0 Å². The molecule has 0 saturated carbocycles. The Morgan fingerprint density at radius 2 is 2.00 bits per heavy atom. The summed E-state index contributed by atoms with van der Waals surface area (Å²) in [5.41, 5.74) is 1.14. The maximum atomic E-state index is 13.5. The van der Waals surface area contributed by atoms with Crippen LogP contribution in [0.15, 0.2) is 36.5 Å². The van der Waals surface area contributed by atoms with Gasteiger partial charge in [-0.2, -0.15) is 9.37 Å². The minimum atomic E-state index is -0.578. The number of ether oxygens (including phenoxy) is 1. The molecule has 144 valence electrons. The summed E-state index contributed by atoms with van der Waals surface area (Å²) >= 11 is 0. The van der Waals surface area contributed by atoms with Crippen LogP contribution < -0.4 is 9.64 Å². The van der Waals surface area contributed by atoms with E-state index >= 15 is 0 Å². The number of benzene rings is 1. The number of hydrogen-bond acceptors (Lipinski definition) is 5. The molecule has 0 bridgehead atoms. The molecule has 0 atom stereocenters. The van der Waals surface area contributed by atoms with E-state index in [-0.39, 0.29) is 17.7 Å². The fourth-order valence-electron chi connectivity index (χ4n) is 3.37. The Balaban J connectivity index is 1.60. The zero-order valence-electron chi connectivity index (χ0n) is 15.8. The zero-order chi connectivity index (χ0) is 19.2. The van der Waals surface area contributed by atoms with Crippen molar-refractivity contribution in [3.63, 3.8) is 0 Å². The van der Waals surface area contributed by atoms with Crippen molar-refractivity contribution in [2.75, 3.05) is 31.6 Å². The number of hydrogen-bond donors (Lipinski definition) is 0. The van der Waals surface area contributed by atoms with Crippen molar-refractivity contribution in [1.82, 2.24) is 14.9 Å². The zero-order valence-corrected chi connectivity index (χ0v) is 15.8. The van der Waals surface area contributed by atoms with E-state index in [9.17, 15) is 9.18 Å². The highest BCUT2D eigenvalue weighted by atomic mass is 19.1. The summed E-state index contributed by atoms with van der Waals surface area (Å²) in [5, 5.41) is 0. The van der Waals surface area contributed by atoms with E-state index in [1.54, 1.807) is 0 Å². The van der Waals surface area contributed by atoms with E-state index in [2.05, 4.69) is 9.97 Å². The molecule has 27 heavy (non-hydrogen) atoms. The van der Waals surface area contributed by atoms with E-state index in [4.69, 9.17) is 4.74 Å². The van der Waals surface area contributed by atoms with Gasteiger partial charge in [0.15, 0.2) is 0 Å². The van der Waals surface area contributed by atoms with E-state index in [1.807, 2.05) is 47.1 Å². The monoisotopic (exact) mass is 372 g/mol. The summed E-state index contributed by atoms with van der Waals surface area (Å²) in [5.74, 6) is -0.00863. The largest absolute Gasteiger partial charge is 0.479 e. The molecule has 1 aliphatic heterocycles. The number of methoxy groups -OCH3 is 1. The summed E-state index contributed by atoms with van der Waals surface area (Å²) in [7, 11) is 1.38. The Bertz CT molecular complexity index is 764. The number of piperidine rings is 1. The van der Waals surface area contributed by atoms with Gasteiger partial charge in [0.2, 0.25) is 17.7 Å². The number of carbonyl (C=O) groups is 1. The lowest BCUT2D eigenvalue weighted by atomic mass is 9.95. The Morgan fingerprint density at radius 1 is 1.30 bits per heavy atom. The average Bonchev–Trinajstić information content (AvgIpc) is 2.73. The van der Waals surface area contributed by atoms with Gasteiger partial charge >= 0.3 is 0 Å². The minimum absolute atomic E-state index is 0.00717. The highest BCUT2D eigenvalue weighted by Gasteiger charge is 2.29. The van der Waals surface area contributed by atoms with Crippen LogP contribution in [0.4, 0.5) is 10.3 Å². The molecule has 0 unspecified atom stereocenters. The number of nitrogens with zero attached hydrogens (tertiary/aromatic N) is 4. The van der Waals surface area contributed by atoms with Crippen molar-refractivity contribution in [1.29, 1.82) is 0 Å². The summed E-state index contributed by atoms with van der Waals surface area (Å²) in [6.07, 6.45) is 2.58. The molecule has 2 aromatic rings. The van der Waals surface area contributed by atoms with Crippen LogP contribution >= 0.6 is 0 Å². The molecule has 0 spiro atoms. The van der Waals surface area contributed by atoms with Crippen LogP contribution in [0.5, 0.6) is 5.88 Å². The molecule has 1 amide bonds. The van der Waals surface area contributed by atoms with Crippen molar-refractivity contribution in [3.05, 3.63) is 47.9 Å². The summed E-state index contributed by atoms with van der Waals surface area (Å²) in [6, 6.07) is 10.0. The van der Waals surface area contributed by atoms with Gasteiger partial charge in [-0.1, -0.05) is 30.3 Å². The lowest BCUT2D eigenvalue weighted by Crippen LogP contribution is -2.42. The topological polar surface area (TPSA) is 58.6 Å². The first-order valence-corrected chi connectivity index (χ1v) is 9.26. The second kappa shape index (κ2) is 8.79. The SMILES string of the molecule is CCN(Cc1ccccc1)C(=O)C1CCN(c2ncc(F)c(OC)n2)CC1. The summed E-state index contributed by atoms with van der Waals surface area (Å²) in [4.78, 5) is 25.0. The van der Waals surface area contributed by atoms with Crippen molar-refractivity contribution in [3.8, 4) is 5.88 Å². The molecule has 7 heteroatoms. The third-order valence-electron chi connectivity index (χ3n) is 4.93. The standard InChI is InChI=1S/C20H25FN4O2/c1-3-24(14-15-7-5-4-6-8-15)19(26)16-9-11-25(12-10-16)20-22-13-17(21)18(23-20)27-2/h4-8,13,16H,3,9-12,14H2,1-2H3. The molecule has 0 radical (unpaired) electrons. The molecule has 0 aliphatic carbocycles. The Hall–Kier alpha value is -2.70. The molecular formula is C20H25FN4O2. The minimum Gasteiger partial charge on any atom is -0.479 e. The van der Waals surface area contributed by atoms with Gasteiger partial charge in [0.1, 0.15) is 0 Å². The summed E-state index contributed by atoms with van der Waals surface area (Å²) < 4.78 is 18.4. The normalized spacial score (nSPS) is 14.9. The first-order chi connectivity index (χ1) is 13.1. The second-order valence-corrected chi connectivity index (χ2v) is 6.63. The van der Waals surface area contributed by atoms with Crippen molar-refractivity contribution in [2.24, 2.45) is 5.92 Å². The van der Waals surface area contributed by atoms with Crippen molar-refractivity contribution < 1.29 is 13.9 Å². The van der Waals surface area contributed by atoms with Gasteiger partial charge in [0, 0.05) is 32.1 Å². The molecule has 6 nitrogen and oxygen atoms in total. The van der Waals surface area contributed by atoms with Crippen molar-refractivity contribution >= 4 is 11.9 Å². The Kier molecular flexibility index (Phi) is 6.21. The fourth-order valence-corrected chi connectivity index (χ4v) is 3.37. The smallest absolute Gasteiger partial charge is 0.255 e. The highest BCUT2D eigenvalue weighted by molar-refractivity contribution is 5.79. The van der Waals surface area contributed by atoms with Gasteiger partial charge in [0.25, 0.3) is 5.88 Å². The maximum Gasteiger partial charge on any atom is 0.255 e. The molecule has 0 N–H and O–H groups in total. The average molecular weight is 372 g/mol. The van der Waals surface area contributed by atoms with Crippen LogP contribution in [0, 0.1) is 11.7 Å². The second-order valence-electron chi connectivity index (χ2n) is 6.63. The van der Waals surface area contributed by atoms with Gasteiger partial charge in [0.05, 0.1) is 13.3 Å². The van der Waals surface area contributed by atoms with Gasteiger partial charge < -0.3 is 14.5 Å². The van der Waals surface area contributed by atoms with Gasteiger partial charge in [-0.05, 0) is 25.3 Å². The number of amides is 1. The van der Waals surface area contributed by atoms with Crippen molar-refractivity contribution in [2.45, 2.75) is 26.3 Å². The van der Waals surface area contributed by atoms with E-state index in [1.165, 1.54) is 7.11 Å². The molecule has 2 heterocycles. The molecule has 1 aromatic heterocycles.